The molecule has 0 unspecified atom stereocenters. The number of nitriles is 1. The molecule has 0 atom stereocenters. The number of nitrogens with zero attached hydrogens (tertiary/aromatic N) is 2. The lowest BCUT2D eigenvalue weighted by molar-refractivity contribution is 1.28. The Morgan fingerprint density at radius 1 is 1.73 bits per heavy atom. The van der Waals surface area contributed by atoms with Crippen LogP contribution >= 0.6 is 0 Å². The van der Waals surface area contributed by atoms with Crippen molar-refractivity contribution in [1.29, 1.82) is 5.26 Å². The average Bonchev–Trinajstić information content (AvgIpc) is 2.04. The van der Waals surface area contributed by atoms with E-state index in [2.05, 4.69) is 17.6 Å². The molecule has 0 saturated carbocycles. The summed E-state index contributed by atoms with van der Waals surface area (Å²) in [5, 5.41) is 8.64. The third-order valence-electron chi connectivity index (χ3n) is 1.40. The molecule has 0 fully saturated rings. The maximum Gasteiger partial charge on any atom is 0.101 e. The van der Waals surface area contributed by atoms with Gasteiger partial charge in [0.15, 0.2) is 0 Å². The molecule has 54 valence electrons. The first kappa shape index (κ1) is 7.49. The number of rotatable bonds is 1. The summed E-state index contributed by atoms with van der Waals surface area (Å²) in [4.78, 5) is 3.83. The molecule has 11 heavy (non-hydrogen) atoms. The van der Waals surface area contributed by atoms with Gasteiger partial charge in [-0.3, -0.25) is 4.98 Å². The number of aromatic nitrogens is 1. The molecule has 0 aromatic carbocycles. The smallest absolute Gasteiger partial charge is 0.101 e. The SMILES string of the molecule is C=C(C)c1ccncc1C#N. The van der Waals surface area contributed by atoms with Crippen LogP contribution in [-0.4, -0.2) is 4.98 Å². The monoisotopic (exact) mass is 144 g/mol. The van der Waals surface area contributed by atoms with Crippen LogP contribution in [0.2, 0.25) is 0 Å². The molecule has 0 aliphatic rings. The lowest BCUT2D eigenvalue weighted by atomic mass is 10.1. The third-order valence-corrected chi connectivity index (χ3v) is 1.40. The van der Waals surface area contributed by atoms with Gasteiger partial charge in [0.1, 0.15) is 6.07 Å². The second-order valence-corrected chi connectivity index (χ2v) is 2.31. The summed E-state index contributed by atoms with van der Waals surface area (Å²) in [5.41, 5.74) is 2.35. The summed E-state index contributed by atoms with van der Waals surface area (Å²) in [6.07, 6.45) is 3.20. The van der Waals surface area contributed by atoms with Gasteiger partial charge in [0.05, 0.1) is 5.56 Å². The summed E-state index contributed by atoms with van der Waals surface area (Å²) in [6.45, 7) is 5.63. The highest BCUT2D eigenvalue weighted by Crippen LogP contribution is 2.14. The summed E-state index contributed by atoms with van der Waals surface area (Å²) < 4.78 is 0. The molecule has 1 rings (SSSR count). The fourth-order valence-electron chi connectivity index (χ4n) is 0.856. The van der Waals surface area contributed by atoms with Gasteiger partial charge in [-0.1, -0.05) is 6.58 Å². The fourth-order valence-corrected chi connectivity index (χ4v) is 0.856. The second kappa shape index (κ2) is 2.98. The average molecular weight is 144 g/mol. The van der Waals surface area contributed by atoms with Crippen LogP contribution < -0.4 is 0 Å². The topological polar surface area (TPSA) is 36.7 Å². The van der Waals surface area contributed by atoms with Crippen molar-refractivity contribution in [1.82, 2.24) is 4.98 Å². The van der Waals surface area contributed by atoms with Gasteiger partial charge in [-0.15, -0.1) is 0 Å². The minimum Gasteiger partial charge on any atom is -0.263 e. The van der Waals surface area contributed by atoms with E-state index in [0.29, 0.717) is 5.56 Å². The van der Waals surface area contributed by atoms with Crippen LogP contribution in [0.4, 0.5) is 0 Å². The first-order valence-electron chi connectivity index (χ1n) is 3.25. The number of allylic oxidation sites excluding steroid dienone is 1. The second-order valence-electron chi connectivity index (χ2n) is 2.31. The lowest BCUT2D eigenvalue weighted by Gasteiger charge is -1.99. The summed E-state index contributed by atoms with van der Waals surface area (Å²) in [6, 6.07) is 3.85. The molecule has 0 N–H and O–H groups in total. The Kier molecular flexibility index (Phi) is 2.03. The molecular weight excluding hydrogens is 136 g/mol. The molecule has 0 aliphatic carbocycles. The lowest BCUT2D eigenvalue weighted by Crippen LogP contribution is -1.86. The van der Waals surface area contributed by atoms with Crippen molar-refractivity contribution in [2.24, 2.45) is 0 Å². The van der Waals surface area contributed by atoms with Crippen LogP contribution in [0.3, 0.4) is 0 Å². The van der Waals surface area contributed by atoms with Crippen LogP contribution in [-0.2, 0) is 0 Å². The molecule has 0 radical (unpaired) electrons. The van der Waals surface area contributed by atoms with Gasteiger partial charge < -0.3 is 0 Å². The van der Waals surface area contributed by atoms with Gasteiger partial charge >= 0.3 is 0 Å². The van der Waals surface area contributed by atoms with Crippen molar-refractivity contribution in [3.05, 3.63) is 36.2 Å². The van der Waals surface area contributed by atoms with Gasteiger partial charge in [-0.2, -0.15) is 5.26 Å². The molecule has 0 saturated heterocycles. The molecule has 2 heteroatoms. The molecule has 2 nitrogen and oxygen atoms in total. The largest absolute Gasteiger partial charge is 0.263 e. The predicted molar refractivity (Wildman–Crippen MR) is 43.7 cm³/mol. The van der Waals surface area contributed by atoms with E-state index in [0.717, 1.165) is 11.1 Å². The molecule has 1 heterocycles. The van der Waals surface area contributed by atoms with E-state index in [9.17, 15) is 0 Å². The normalized spacial score (nSPS) is 8.73. The first-order valence-corrected chi connectivity index (χ1v) is 3.25. The summed E-state index contributed by atoms with van der Waals surface area (Å²) >= 11 is 0. The Balaban J connectivity index is 3.26. The van der Waals surface area contributed by atoms with Gasteiger partial charge in [0.2, 0.25) is 0 Å². The molecule has 0 spiro atoms. The highest BCUT2D eigenvalue weighted by atomic mass is 14.6. The zero-order valence-electron chi connectivity index (χ0n) is 6.33. The Labute approximate surface area is 65.8 Å². The maximum absolute atomic E-state index is 8.64. The number of hydrogen-bond donors (Lipinski definition) is 0. The number of pyridine rings is 1. The first-order chi connectivity index (χ1) is 5.25. The van der Waals surface area contributed by atoms with Gasteiger partial charge in [0, 0.05) is 12.4 Å². The predicted octanol–water partition coefficient (Wildman–Crippen LogP) is 1.99. The van der Waals surface area contributed by atoms with E-state index >= 15 is 0 Å². The highest BCUT2D eigenvalue weighted by molar-refractivity contribution is 5.66. The van der Waals surface area contributed by atoms with E-state index < -0.39 is 0 Å². The zero-order chi connectivity index (χ0) is 8.27. The summed E-state index contributed by atoms with van der Waals surface area (Å²) in [5.74, 6) is 0. The van der Waals surface area contributed by atoms with Gasteiger partial charge in [-0.25, -0.2) is 0 Å². The quantitative estimate of drug-likeness (QED) is 0.604. The van der Waals surface area contributed by atoms with Crippen LogP contribution in [0.5, 0.6) is 0 Å². The minimum atomic E-state index is 0.583. The highest BCUT2D eigenvalue weighted by Gasteiger charge is 1.99. The molecule has 1 aromatic heterocycles. The summed E-state index contributed by atoms with van der Waals surface area (Å²) in [7, 11) is 0. The Bertz CT molecular complexity index is 321. The van der Waals surface area contributed by atoms with E-state index in [1.54, 1.807) is 18.5 Å². The molecular formula is C9H8N2. The van der Waals surface area contributed by atoms with E-state index in [1.165, 1.54) is 0 Å². The van der Waals surface area contributed by atoms with Gasteiger partial charge in [-0.05, 0) is 24.1 Å². The Morgan fingerprint density at radius 2 is 2.45 bits per heavy atom. The standard InChI is InChI=1S/C9H8N2/c1-7(2)9-3-4-11-6-8(9)5-10/h3-4,6H,1H2,2H3. The van der Waals surface area contributed by atoms with Crippen LogP contribution in [0.25, 0.3) is 5.57 Å². The minimum absolute atomic E-state index is 0.583. The fraction of sp³-hybridized carbons (Fsp3) is 0.111. The van der Waals surface area contributed by atoms with Crippen molar-refractivity contribution >= 4 is 5.57 Å². The Hall–Kier alpha value is -1.62. The van der Waals surface area contributed by atoms with Crippen molar-refractivity contribution < 1.29 is 0 Å². The molecule has 0 amide bonds. The molecule has 1 aromatic rings. The molecule has 0 bridgehead atoms. The number of hydrogen-bond acceptors (Lipinski definition) is 2. The van der Waals surface area contributed by atoms with E-state index in [1.807, 2.05) is 6.92 Å². The third kappa shape index (κ3) is 1.44. The van der Waals surface area contributed by atoms with Crippen molar-refractivity contribution in [2.75, 3.05) is 0 Å². The van der Waals surface area contributed by atoms with Crippen molar-refractivity contribution in [3.63, 3.8) is 0 Å². The van der Waals surface area contributed by atoms with Crippen LogP contribution in [0, 0.1) is 11.3 Å². The Morgan fingerprint density at radius 3 is 2.91 bits per heavy atom. The van der Waals surface area contributed by atoms with Crippen LogP contribution in [0.15, 0.2) is 25.0 Å². The maximum atomic E-state index is 8.64. The van der Waals surface area contributed by atoms with Crippen molar-refractivity contribution in [3.8, 4) is 6.07 Å². The molecule has 0 aliphatic heterocycles. The van der Waals surface area contributed by atoms with Crippen LogP contribution in [0.1, 0.15) is 18.1 Å². The van der Waals surface area contributed by atoms with E-state index in [-0.39, 0.29) is 0 Å². The zero-order valence-corrected chi connectivity index (χ0v) is 6.33. The van der Waals surface area contributed by atoms with Crippen molar-refractivity contribution in [2.45, 2.75) is 6.92 Å². The van der Waals surface area contributed by atoms with E-state index in [4.69, 9.17) is 5.26 Å². The van der Waals surface area contributed by atoms with Gasteiger partial charge in [0.25, 0.3) is 0 Å².